The maximum Gasteiger partial charge on any atom is 0.416 e. The molecule has 0 atom stereocenters. The molecule has 0 amide bonds. The Morgan fingerprint density at radius 3 is 2.71 bits per heavy atom. The van der Waals surface area contributed by atoms with Gasteiger partial charge in [-0.25, -0.2) is 9.97 Å². The fraction of sp³-hybridized carbons (Fsp3) is 0.333. The van der Waals surface area contributed by atoms with Crippen molar-refractivity contribution in [2.24, 2.45) is 0 Å². The van der Waals surface area contributed by atoms with Crippen molar-refractivity contribution in [2.75, 3.05) is 0 Å². The molecular formula is C15H14F3N3. The van der Waals surface area contributed by atoms with E-state index < -0.39 is 11.7 Å². The minimum Gasteiger partial charge on any atom is -0.307 e. The topological polar surface area (TPSA) is 37.8 Å². The molecule has 6 heteroatoms. The van der Waals surface area contributed by atoms with Crippen molar-refractivity contribution in [3.8, 4) is 11.4 Å². The summed E-state index contributed by atoms with van der Waals surface area (Å²) < 4.78 is 38.4. The highest BCUT2D eigenvalue weighted by Gasteiger charge is 2.30. The third-order valence-electron chi connectivity index (χ3n) is 3.56. The van der Waals surface area contributed by atoms with Crippen molar-refractivity contribution in [3.63, 3.8) is 0 Å². The summed E-state index contributed by atoms with van der Waals surface area (Å²) in [6.45, 7) is 3.34. The van der Waals surface area contributed by atoms with Gasteiger partial charge in [0.25, 0.3) is 0 Å². The van der Waals surface area contributed by atoms with Crippen LogP contribution in [0.4, 0.5) is 13.2 Å². The molecule has 0 spiro atoms. The molecule has 1 N–H and O–H groups in total. The molecule has 2 heterocycles. The molecular weight excluding hydrogens is 279 g/mol. The second-order valence-electron chi connectivity index (χ2n) is 4.95. The smallest absolute Gasteiger partial charge is 0.307 e. The lowest BCUT2D eigenvalue weighted by Crippen LogP contribution is -2.06. The quantitative estimate of drug-likeness (QED) is 0.923. The molecule has 0 unspecified atom stereocenters. The number of fused-ring (bicyclic) bond motifs is 1. The van der Waals surface area contributed by atoms with Gasteiger partial charge in [-0.15, -0.1) is 0 Å². The largest absolute Gasteiger partial charge is 0.416 e. The van der Waals surface area contributed by atoms with Gasteiger partial charge in [-0.3, -0.25) is 0 Å². The van der Waals surface area contributed by atoms with E-state index in [4.69, 9.17) is 0 Å². The summed E-state index contributed by atoms with van der Waals surface area (Å²) in [7, 11) is 0. The van der Waals surface area contributed by atoms with Gasteiger partial charge < -0.3 is 5.32 Å². The molecule has 1 aliphatic heterocycles. The van der Waals surface area contributed by atoms with E-state index in [-0.39, 0.29) is 0 Å². The average Bonchev–Trinajstić information content (AvgIpc) is 2.93. The van der Waals surface area contributed by atoms with E-state index >= 15 is 0 Å². The molecule has 1 aromatic heterocycles. The van der Waals surface area contributed by atoms with Gasteiger partial charge in [-0.05, 0) is 18.6 Å². The van der Waals surface area contributed by atoms with Crippen LogP contribution in [0.5, 0.6) is 0 Å². The van der Waals surface area contributed by atoms with Gasteiger partial charge in [0, 0.05) is 29.9 Å². The molecule has 0 radical (unpaired) electrons. The first kappa shape index (κ1) is 14.0. The molecule has 1 aromatic carbocycles. The molecule has 110 valence electrons. The lowest BCUT2D eigenvalue weighted by atomic mass is 10.1. The van der Waals surface area contributed by atoms with E-state index in [0.29, 0.717) is 17.9 Å². The summed E-state index contributed by atoms with van der Waals surface area (Å²) in [5, 5.41) is 3.19. The van der Waals surface area contributed by atoms with Gasteiger partial charge in [0.1, 0.15) is 0 Å². The summed E-state index contributed by atoms with van der Waals surface area (Å²) in [6, 6.07) is 5.15. The molecule has 0 saturated carbocycles. The number of rotatable bonds is 2. The van der Waals surface area contributed by atoms with Crippen molar-refractivity contribution >= 4 is 0 Å². The summed E-state index contributed by atoms with van der Waals surface area (Å²) >= 11 is 0. The minimum absolute atomic E-state index is 0.361. The van der Waals surface area contributed by atoms with Crippen LogP contribution in [0.3, 0.4) is 0 Å². The van der Waals surface area contributed by atoms with Crippen molar-refractivity contribution in [1.29, 1.82) is 0 Å². The summed E-state index contributed by atoms with van der Waals surface area (Å²) in [5.74, 6) is 0.361. The lowest BCUT2D eigenvalue weighted by Gasteiger charge is -2.10. The molecule has 0 bridgehead atoms. The Bertz CT molecular complexity index is 680. The second kappa shape index (κ2) is 5.11. The molecule has 21 heavy (non-hydrogen) atoms. The van der Waals surface area contributed by atoms with Gasteiger partial charge in [0.05, 0.1) is 11.3 Å². The molecule has 0 saturated heterocycles. The third kappa shape index (κ3) is 2.63. The monoisotopic (exact) mass is 293 g/mol. The third-order valence-corrected chi connectivity index (χ3v) is 3.56. The standard InChI is InChI=1S/C15H14F3N3/c1-2-12-11-7-19-8-13(11)21-14(20-12)9-4-3-5-10(6-9)15(16,17)18/h3-6,19H,2,7-8H2,1H3. The number of aryl methyl sites for hydroxylation is 1. The molecule has 0 aliphatic carbocycles. The number of hydrogen-bond acceptors (Lipinski definition) is 3. The maximum atomic E-state index is 12.8. The van der Waals surface area contributed by atoms with Crippen LogP contribution in [0.2, 0.25) is 0 Å². The highest BCUT2D eigenvalue weighted by atomic mass is 19.4. The zero-order chi connectivity index (χ0) is 15.0. The number of halogens is 3. The van der Waals surface area contributed by atoms with Crippen LogP contribution in [0.15, 0.2) is 24.3 Å². The first-order valence-electron chi connectivity index (χ1n) is 6.76. The number of hydrogen-bond donors (Lipinski definition) is 1. The Balaban J connectivity index is 2.09. The van der Waals surface area contributed by atoms with Crippen molar-refractivity contribution in [1.82, 2.24) is 15.3 Å². The van der Waals surface area contributed by atoms with Gasteiger partial charge in [-0.2, -0.15) is 13.2 Å². The fourth-order valence-corrected chi connectivity index (χ4v) is 2.49. The molecule has 3 nitrogen and oxygen atoms in total. The fourth-order valence-electron chi connectivity index (χ4n) is 2.49. The summed E-state index contributed by atoms with van der Waals surface area (Å²) in [4.78, 5) is 8.85. The molecule has 3 rings (SSSR count). The van der Waals surface area contributed by atoms with Gasteiger partial charge in [0.2, 0.25) is 0 Å². The normalized spacial score (nSPS) is 14.3. The number of alkyl halides is 3. The van der Waals surface area contributed by atoms with E-state index in [2.05, 4.69) is 15.3 Å². The number of aromatic nitrogens is 2. The summed E-state index contributed by atoms with van der Waals surface area (Å²) in [6.07, 6.45) is -3.62. The number of nitrogens with one attached hydrogen (secondary N) is 1. The predicted molar refractivity (Wildman–Crippen MR) is 72.4 cm³/mol. The molecule has 0 fully saturated rings. The second-order valence-corrected chi connectivity index (χ2v) is 4.95. The van der Waals surface area contributed by atoms with Crippen LogP contribution in [0.25, 0.3) is 11.4 Å². The van der Waals surface area contributed by atoms with Crippen LogP contribution in [0, 0.1) is 0 Å². The Kier molecular flexibility index (Phi) is 3.41. The van der Waals surface area contributed by atoms with E-state index in [9.17, 15) is 13.2 Å². The van der Waals surface area contributed by atoms with Gasteiger partial charge in [-0.1, -0.05) is 19.1 Å². The van der Waals surface area contributed by atoms with Crippen LogP contribution >= 0.6 is 0 Å². The van der Waals surface area contributed by atoms with Crippen molar-refractivity contribution < 1.29 is 13.2 Å². The number of benzene rings is 1. The van der Waals surface area contributed by atoms with Crippen LogP contribution in [0.1, 0.15) is 29.4 Å². The minimum atomic E-state index is -4.36. The Hall–Kier alpha value is -1.95. The van der Waals surface area contributed by atoms with Gasteiger partial charge in [0.15, 0.2) is 5.82 Å². The summed E-state index contributed by atoms with van der Waals surface area (Å²) in [5.41, 5.74) is 2.58. The SMILES string of the molecule is CCc1nc(-c2cccc(C(F)(F)F)c2)nc2c1CNC2. The zero-order valence-corrected chi connectivity index (χ0v) is 11.5. The Morgan fingerprint density at radius 1 is 1.19 bits per heavy atom. The van der Waals surface area contributed by atoms with Crippen LogP contribution in [-0.4, -0.2) is 9.97 Å². The number of nitrogens with zero attached hydrogens (tertiary/aromatic N) is 2. The van der Waals surface area contributed by atoms with E-state index in [0.717, 1.165) is 42.0 Å². The highest BCUT2D eigenvalue weighted by molar-refractivity contribution is 5.57. The van der Waals surface area contributed by atoms with Crippen LogP contribution in [-0.2, 0) is 25.7 Å². The first-order chi connectivity index (χ1) is 9.99. The Labute approximate surface area is 120 Å². The van der Waals surface area contributed by atoms with Crippen molar-refractivity contribution in [3.05, 3.63) is 46.8 Å². The zero-order valence-electron chi connectivity index (χ0n) is 11.5. The van der Waals surface area contributed by atoms with E-state index in [1.807, 2.05) is 6.92 Å². The predicted octanol–water partition coefficient (Wildman–Crippen LogP) is 3.33. The van der Waals surface area contributed by atoms with E-state index in [1.165, 1.54) is 6.07 Å². The van der Waals surface area contributed by atoms with E-state index in [1.54, 1.807) is 6.07 Å². The first-order valence-corrected chi connectivity index (χ1v) is 6.76. The average molecular weight is 293 g/mol. The lowest BCUT2D eigenvalue weighted by molar-refractivity contribution is -0.137. The highest BCUT2D eigenvalue weighted by Crippen LogP contribution is 2.32. The maximum absolute atomic E-state index is 12.8. The molecule has 1 aliphatic rings. The van der Waals surface area contributed by atoms with Crippen LogP contribution < -0.4 is 5.32 Å². The Morgan fingerprint density at radius 2 is 2.00 bits per heavy atom. The van der Waals surface area contributed by atoms with Crippen molar-refractivity contribution in [2.45, 2.75) is 32.6 Å². The van der Waals surface area contributed by atoms with Gasteiger partial charge >= 0.3 is 6.18 Å². The molecule has 2 aromatic rings.